The van der Waals surface area contributed by atoms with Crippen molar-refractivity contribution in [2.45, 2.75) is 6.42 Å². The zero-order chi connectivity index (χ0) is 9.97. The second-order valence-electron chi connectivity index (χ2n) is 2.98. The molecule has 0 radical (unpaired) electrons. The zero-order valence-electron chi connectivity index (χ0n) is 7.75. The number of nitrogens with one attached hydrogen (secondary N) is 1. The van der Waals surface area contributed by atoms with Crippen molar-refractivity contribution in [1.82, 2.24) is 15.0 Å². The molecule has 0 aromatic carbocycles. The quantitative estimate of drug-likeness (QED) is 0.788. The summed E-state index contributed by atoms with van der Waals surface area (Å²) in [6.07, 6.45) is 2.52. The van der Waals surface area contributed by atoms with Gasteiger partial charge in [0.05, 0.1) is 23.8 Å². The lowest BCUT2D eigenvalue weighted by atomic mass is 10.3. The summed E-state index contributed by atoms with van der Waals surface area (Å²) in [5, 5.41) is 0.273. The third-order valence-electron chi connectivity index (χ3n) is 1.97. The summed E-state index contributed by atoms with van der Waals surface area (Å²) >= 11 is 5.67. The molecule has 0 saturated heterocycles. The standard InChI is InChI=1S/C9H10ClN3O/c1-14-3-2-6-4-7-8(12-6)5-11-9(10)13-7/h4-5,12H,2-3H2,1H3. The van der Waals surface area contributed by atoms with Crippen LogP contribution in [0.1, 0.15) is 5.69 Å². The molecule has 0 spiro atoms. The number of halogens is 1. The first kappa shape index (κ1) is 9.43. The number of hydrogen-bond acceptors (Lipinski definition) is 3. The molecule has 14 heavy (non-hydrogen) atoms. The predicted octanol–water partition coefficient (Wildman–Crippen LogP) is 1.80. The topological polar surface area (TPSA) is 50.8 Å². The number of fused-ring (bicyclic) bond motifs is 1. The predicted molar refractivity (Wildman–Crippen MR) is 54.5 cm³/mol. The van der Waals surface area contributed by atoms with E-state index in [-0.39, 0.29) is 5.28 Å². The van der Waals surface area contributed by atoms with E-state index in [1.807, 2.05) is 6.07 Å². The number of hydrogen-bond donors (Lipinski definition) is 1. The molecular formula is C9H10ClN3O. The Labute approximate surface area is 86.3 Å². The maximum atomic E-state index is 5.67. The highest BCUT2D eigenvalue weighted by atomic mass is 35.5. The molecule has 0 bridgehead atoms. The third kappa shape index (κ3) is 1.86. The molecule has 0 atom stereocenters. The molecule has 4 nitrogen and oxygen atoms in total. The Hall–Kier alpha value is -1.13. The molecule has 0 unspecified atom stereocenters. The maximum absolute atomic E-state index is 5.67. The van der Waals surface area contributed by atoms with Crippen LogP contribution in [0.5, 0.6) is 0 Å². The van der Waals surface area contributed by atoms with Gasteiger partial charge in [-0.05, 0) is 17.7 Å². The van der Waals surface area contributed by atoms with Gasteiger partial charge in [-0.15, -0.1) is 0 Å². The highest BCUT2D eigenvalue weighted by Crippen LogP contribution is 2.14. The van der Waals surface area contributed by atoms with Crippen LogP contribution < -0.4 is 0 Å². The Balaban J connectivity index is 2.32. The summed E-state index contributed by atoms with van der Waals surface area (Å²) in [7, 11) is 1.68. The van der Waals surface area contributed by atoms with Gasteiger partial charge < -0.3 is 9.72 Å². The van der Waals surface area contributed by atoms with Crippen molar-refractivity contribution in [3.63, 3.8) is 0 Å². The van der Waals surface area contributed by atoms with Gasteiger partial charge in [0.25, 0.3) is 0 Å². The molecule has 2 rings (SSSR count). The minimum absolute atomic E-state index is 0.273. The first-order valence-corrected chi connectivity index (χ1v) is 4.66. The summed E-state index contributed by atoms with van der Waals surface area (Å²) in [6.45, 7) is 0.688. The SMILES string of the molecule is COCCc1cc2nc(Cl)ncc2[nH]1. The van der Waals surface area contributed by atoms with E-state index < -0.39 is 0 Å². The van der Waals surface area contributed by atoms with Crippen LogP contribution in [-0.2, 0) is 11.2 Å². The molecule has 2 aromatic rings. The highest BCUT2D eigenvalue weighted by molar-refractivity contribution is 6.28. The number of nitrogens with zero attached hydrogens (tertiary/aromatic N) is 2. The Bertz CT molecular complexity index is 441. The zero-order valence-corrected chi connectivity index (χ0v) is 8.51. The van der Waals surface area contributed by atoms with Gasteiger partial charge in [0.15, 0.2) is 0 Å². The Kier molecular flexibility index (Phi) is 2.65. The van der Waals surface area contributed by atoms with Gasteiger partial charge in [-0.25, -0.2) is 9.97 Å². The van der Waals surface area contributed by atoms with Gasteiger partial charge in [-0.1, -0.05) is 0 Å². The molecule has 5 heteroatoms. The van der Waals surface area contributed by atoms with Gasteiger partial charge in [-0.3, -0.25) is 0 Å². The second-order valence-corrected chi connectivity index (χ2v) is 3.31. The van der Waals surface area contributed by atoms with Crippen LogP contribution >= 0.6 is 11.6 Å². The molecule has 1 N–H and O–H groups in total. The first-order valence-electron chi connectivity index (χ1n) is 4.28. The Morgan fingerprint density at radius 2 is 2.43 bits per heavy atom. The van der Waals surface area contributed by atoms with Gasteiger partial charge in [-0.2, -0.15) is 0 Å². The number of ether oxygens (including phenoxy) is 1. The summed E-state index contributed by atoms with van der Waals surface area (Å²) in [6, 6.07) is 1.96. The lowest BCUT2D eigenvalue weighted by Gasteiger charge is -1.93. The number of H-pyrrole nitrogens is 1. The number of aromatic nitrogens is 3. The molecule has 74 valence electrons. The highest BCUT2D eigenvalue weighted by Gasteiger charge is 2.02. The van der Waals surface area contributed by atoms with Crippen LogP contribution in [0, 0.1) is 0 Å². The smallest absolute Gasteiger partial charge is 0.223 e. The fourth-order valence-corrected chi connectivity index (χ4v) is 1.44. The molecule has 0 amide bonds. The van der Waals surface area contributed by atoms with Gasteiger partial charge in [0, 0.05) is 19.2 Å². The third-order valence-corrected chi connectivity index (χ3v) is 2.15. The number of aromatic amines is 1. The Morgan fingerprint density at radius 3 is 3.21 bits per heavy atom. The van der Waals surface area contributed by atoms with E-state index in [2.05, 4.69) is 15.0 Å². The largest absolute Gasteiger partial charge is 0.384 e. The average molecular weight is 212 g/mol. The summed E-state index contributed by atoms with van der Waals surface area (Å²) in [4.78, 5) is 11.2. The maximum Gasteiger partial charge on any atom is 0.223 e. The molecule has 0 fully saturated rings. The molecule has 0 saturated carbocycles. The van der Waals surface area contributed by atoms with E-state index in [9.17, 15) is 0 Å². The van der Waals surface area contributed by atoms with Gasteiger partial charge in [0.2, 0.25) is 5.28 Å². The molecule has 0 aliphatic heterocycles. The van der Waals surface area contributed by atoms with Crippen molar-refractivity contribution in [3.8, 4) is 0 Å². The van der Waals surface area contributed by atoms with Crippen molar-refractivity contribution in [2.24, 2.45) is 0 Å². The molecule has 2 heterocycles. The first-order chi connectivity index (χ1) is 6.79. The second kappa shape index (κ2) is 3.94. The van der Waals surface area contributed by atoms with E-state index in [0.29, 0.717) is 6.61 Å². The molecule has 2 aromatic heterocycles. The minimum atomic E-state index is 0.273. The fourth-order valence-electron chi connectivity index (χ4n) is 1.30. The van der Waals surface area contributed by atoms with Crippen molar-refractivity contribution in [2.75, 3.05) is 13.7 Å². The summed E-state index contributed by atoms with van der Waals surface area (Å²) in [5.41, 5.74) is 2.83. The van der Waals surface area contributed by atoms with Crippen molar-refractivity contribution in [1.29, 1.82) is 0 Å². The van der Waals surface area contributed by atoms with Crippen LogP contribution in [0.25, 0.3) is 11.0 Å². The van der Waals surface area contributed by atoms with Gasteiger partial charge in [0.1, 0.15) is 0 Å². The number of methoxy groups -OCH3 is 1. The van der Waals surface area contributed by atoms with Crippen LogP contribution in [-0.4, -0.2) is 28.7 Å². The van der Waals surface area contributed by atoms with Crippen LogP contribution in [0.4, 0.5) is 0 Å². The molecule has 0 aliphatic carbocycles. The minimum Gasteiger partial charge on any atom is -0.384 e. The van der Waals surface area contributed by atoms with Crippen molar-refractivity contribution in [3.05, 3.63) is 23.2 Å². The lowest BCUT2D eigenvalue weighted by molar-refractivity contribution is 0.201. The summed E-state index contributed by atoms with van der Waals surface area (Å²) in [5.74, 6) is 0. The van der Waals surface area contributed by atoms with E-state index in [1.165, 1.54) is 0 Å². The van der Waals surface area contributed by atoms with Crippen LogP contribution in [0.3, 0.4) is 0 Å². The van der Waals surface area contributed by atoms with Crippen molar-refractivity contribution >= 4 is 22.6 Å². The monoisotopic (exact) mass is 211 g/mol. The van der Waals surface area contributed by atoms with E-state index in [1.54, 1.807) is 13.3 Å². The van der Waals surface area contributed by atoms with E-state index in [0.717, 1.165) is 23.1 Å². The number of rotatable bonds is 3. The molecule has 0 aliphatic rings. The lowest BCUT2D eigenvalue weighted by Crippen LogP contribution is -1.93. The van der Waals surface area contributed by atoms with Crippen molar-refractivity contribution < 1.29 is 4.74 Å². The average Bonchev–Trinajstić information content (AvgIpc) is 2.56. The molecular weight excluding hydrogens is 202 g/mol. The normalized spacial score (nSPS) is 11.0. The van der Waals surface area contributed by atoms with Crippen LogP contribution in [0.15, 0.2) is 12.3 Å². The Morgan fingerprint density at radius 1 is 1.57 bits per heavy atom. The summed E-state index contributed by atoms with van der Waals surface area (Å²) < 4.78 is 4.98. The van der Waals surface area contributed by atoms with E-state index >= 15 is 0 Å². The van der Waals surface area contributed by atoms with E-state index in [4.69, 9.17) is 16.3 Å². The van der Waals surface area contributed by atoms with Gasteiger partial charge >= 0.3 is 0 Å². The fraction of sp³-hybridized carbons (Fsp3) is 0.333. The van der Waals surface area contributed by atoms with Crippen LogP contribution in [0.2, 0.25) is 5.28 Å².